The Labute approximate surface area is 243 Å². The molecule has 224 valence electrons. The fraction of sp³-hybridized carbons (Fsp3) is 0.370. The standard InChI is InChI=1S/C27H33N7O7S/c1-18-24(34(17-41-18)42(39,40)21-7-3-2-4-8-21)25(36)33-22(26(37)38)15-19-10-12-20(13-11-19)32-23(35)9-5-6-14-30-27(29)31-16-28/h2-4,7-8,10-13,18,22,24H,5-6,9,14-15,17H2,1H3,(H,32,35)(H,33,36)(H,37,38)(H3,29,30,31)/t18?,22-,24-/m0/s1. The van der Waals surface area contributed by atoms with Crippen molar-refractivity contribution in [3.63, 3.8) is 0 Å². The SMILES string of the molecule is CC1OCN(S(=O)(=O)c2ccccc2)[C@@H]1C(=O)N[C@@H](Cc1ccc(NC(=O)CCCCN/C(N)=N/C#N)cc1)C(=O)O. The minimum atomic E-state index is -4.07. The van der Waals surface area contributed by atoms with Crippen LogP contribution in [0.25, 0.3) is 0 Å². The first kappa shape index (κ1) is 32.0. The van der Waals surface area contributed by atoms with Gasteiger partial charge in [-0.1, -0.05) is 30.3 Å². The van der Waals surface area contributed by atoms with Crippen LogP contribution in [0.2, 0.25) is 0 Å². The molecule has 2 aromatic carbocycles. The summed E-state index contributed by atoms with van der Waals surface area (Å²) in [6, 6.07) is 11.5. The van der Waals surface area contributed by atoms with E-state index in [4.69, 9.17) is 15.7 Å². The number of aliphatic imine (C=N–C) groups is 1. The Hall–Kier alpha value is -4.52. The summed E-state index contributed by atoms with van der Waals surface area (Å²) in [4.78, 5) is 40.7. The maximum atomic E-state index is 13.2. The van der Waals surface area contributed by atoms with Crippen molar-refractivity contribution in [3.8, 4) is 6.19 Å². The van der Waals surface area contributed by atoms with Crippen LogP contribution in [0.3, 0.4) is 0 Å². The number of ether oxygens (including phenoxy) is 1. The summed E-state index contributed by atoms with van der Waals surface area (Å²) in [6.45, 7) is 1.67. The van der Waals surface area contributed by atoms with Crippen LogP contribution in [0, 0.1) is 11.5 Å². The monoisotopic (exact) mass is 599 g/mol. The average Bonchev–Trinajstić information content (AvgIpc) is 3.36. The van der Waals surface area contributed by atoms with Crippen molar-refractivity contribution in [2.24, 2.45) is 10.7 Å². The highest BCUT2D eigenvalue weighted by Gasteiger charge is 2.45. The third-order valence-corrected chi connectivity index (χ3v) is 8.26. The van der Waals surface area contributed by atoms with Crippen molar-refractivity contribution in [1.29, 1.82) is 5.26 Å². The van der Waals surface area contributed by atoms with Gasteiger partial charge in [0.1, 0.15) is 18.8 Å². The predicted octanol–water partition coefficient (Wildman–Crippen LogP) is 0.728. The quantitative estimate of drug-likeness (QED) is 0.0941. The molecule has 0 aliphatic carbocycles. The van der Waals surface area contributed by atoms with Gasteiger partial charge in [-0.2, -0.15) is 9.57 Å². The molecule has 3 rings (SSSR count). The number of carbonyl (C=O) groups excluding carboxylic acids is 2. The first-order chi connectivity index (χ1) is 20.0. The summed E-state index contributed by atoms with van der Waals surface area (Å²) in [5.41, 5.74) is 6.53. The molecule has 0 bridgehead atoms. The van der Waals surface area contributed by atoms with E-state index < -0.39 is 40.1 Å². The number of guanidine groups is 1. The van der Waals surface area contributed by atoms with E-state index >= 15 is 0 Å². The summed E-state index contributed by atoms with van der Waals surface area (Å²) in [5.74, 6) is -2.27. The van der Waals surface area contributed by atoms with Crippen molar-refractivity contribution >= 4 is 39.5 Å². The number of carboxylic acid groups (broad SMARTS) is 1. The Kier molecular flexibility index (Phi) is 11.4. The van der Waals surface area contributed by atoms with Crippen LogP contribution >= 0.6 is 0 Å². The molecule has 14 nitrogen and oxygen atoms in total. The molecule has 1 fully saturated rings. The molecule has 1 aliphatic rings. The highest BCUT2D eigenvalue weighted by atomic mass is 32.2. The smallest absolute Gasteiger partial charge is 0.326 e. The van der Waals surface area contributed by atoms with Crippen molar-refractivity contribution in [2.45, 2.75) is 55.7 Å². The van der Waals surface area contributed by atoms with Gasteiger partial charge in [0.15, 0.2) is 0 Å². The lowest BCUT2D eigenvalue weighted by Crippen LogP contribution is -2.54. The number of hydrogen-bond acceptors (Lipinski definition) is 8. The van der Waals surface area contributed by atoms with Crippen molar-refractivity contribution in [1.82, 2.24) is 14.9 Å². The number of rotatable bonds is 13. The second-order valence-corrected chi connectivity index (χ2v) is 11.4. The predicted molar refractivity (Wildman–Crippen MR) is 152 cm³/mol. The summed E-state index contributed by atoms with van der Waals surface area (Å²) in [7, 11) is -4.07. The van der Waals surface area contributed by atoms with E-state index in [-0.39, 0.29) is 36.3 Å². The number of nitriles is 1. The lowest BCUT2D eigenvalue weighted by Gasteiger charge is -2.25. The van der Waals surface area contributed by atoms with Crippen LogP contribution in [-0.2, 0) is 35.6 Å². The summed E-state index contributed by atoms with van der Waals surface area (Å²) in [5, 5.41) is 26.2. The van der Waals surface area contributed by atoms with Crippen molar-refractivity contribution < 1.29 is 32.6 Å². The first-order valence-corrected chi connectivity index (χ1v) is 14.5. The largest absolute Gasteiger partial charge is 0.480 e. The number of aliphatic carboxylic acids is 1. The minimum Gasteiger partial charge on any atom is -0.480 e. The number of nitrogens with two attached hydrogens (primary N) is 1. The molecule has 1 aliphatic heterocycles. The molecular weight excluding hydrogens is 566 g/mol. The lowest BCUT2D eigenvalue weighted by molar-refractivity contribution is -0.142. The third kappa shape index (κ3) is 8.74. The first-order valence-electron chi connectivity index (χ1n) is 13.1. The molecule has 1 heterocycles. The number of unbranched alkanes of at least 4 members (excludes halogenated alkanes) is 1. The van der Waals surface area contributed by atoms with Gasteiger partial charge in [0.2, 0.25) is 34.0 Å². The van der Waals surface area contributed by atoms with Gasteiger partial charge in [0.25, 0.3) is 0 Å². The molecule has 2 amide bonds. The van der Waals surface area contributed by atoms with Crippen LogP contribution in [0.5, 0.6) is 0 Å². The Morgan fingerprint density at radius 2 is 1.86 bits per heavy atom. The molecule has 6 N–H and O–H groups in total. The number of anilines is 1. The third-order valence-electron chi connectivity index (χ3n) is 6.44. The zero-order valence-electron chi connectivity index (χ0n) is 22.9. The van der Waals surface area contributed by atoms with E-state index in [1.807, 2.05) is 0 Å². The molecule has 0 spiro atoms. The van der Waals surface area contributed by atoms with Crippen LogP contribution in [-0.4, -0.2) is 73.0 Å². The van der Waals surface area contributed by atoms with Crippen LogP contribution in [0.15, 0.2) is 64.5 Å². The Balaban J connectivity index is 1.56. The summed E-state index contributed by atoms with van der Waals surface area (Å²) < 4.78 is 32.7. The molecule has 1 saturated heterocycles. The van der Waals surface area contributed by atoms with Gasteiger partial charge in [-0.3, -0.25) is 9.59 Å². The summed E-state index contributed by atoms with van der Waals surface area (Å²) in [6.07, 6.45) is 2.16. The molecule has 3 atom stereocenters. The van der Waals surface area contributed by atoms with Crippen molar-refractivity contribution in [3.05, 3.63) is 60.2 Å². The highest BCUT2D eigenvalue weighted by Crippen LogP contribution is 2.26. The fourth-order valence-electron chi connectivity index (χ4n) is 4.25. The average molecular weight is 600 g/mol. The Morgan fingerprint density at radius 1 is 1.17 bits per heavy atom. The number of benzene rings is 2. The van der Waals surface area contributed by atoms with Gasteiger partial charge in [-0.15, -0.1) is 4.99 Å². The molecule has 0 aromatic heterocycles. The van der Waals surface area contributed by atoms with Gasteiger partial charge in [0.05, 0.1) is 11.0 Å². The second kappa shape index (κ2) is 14.9. The number of sulfonamides is 1. The van der Waals surface area contributed by atoms with Gasteiger partial charge in [0, 0.05) is 25.1 Å². The van der Waals surface area contributed by atoms with Crippen LogP contribution in [0.1, 0.15) is 31.7 Å². The minimum absolute atomic E-state index is 0.00773. The van der Waals surface area contributed by atoms with E-state index in [1.165, 1.54) is 12.1 Å². The van der Waals surface area contributed by atoms with Gasteiger partial charge >= 0.3 is 5.97 Å². The number of nitrogens with zero attached hydrogens (tertiary/aromatic N) is 3. The molecule has 0 radical (unpaired) electrons. The van der Waals surface area contributed by atoms with E-state index in [9.17, 15) is 27.9 Å². The van der Waals surface area contributed by atoms with Gasteiger partial charge in [-0.05, 0) is 49.6 Å². The van der Waals surface area contributed by atoms with E-state index in [2.05, 4.69) is 20.9 Å². The van der Waals surface area contributed by atoms with E-state index in [1.54, 1.807) is 55.6 Å². The molecule has 0 saturated carbocycles. The van der Waals surface area contributed by atoms with Crippen LogP contribution in [0.4, 0.5) is 5.69 Å². The van der Waals surface area contributed by atoms with Gasteiger partial charge in [-0.25, -0.2) is 13.2 Å². The van der Waals surface area contributed by atoms with Gasteiger partial charge < -0.3 is 31.5 Å². The topological polar surface area (TPSA) is 216 Å². The summed E-state index contributed by atoms with van der Waals surface area (Å²) >= 11 is 0. The molecule has 42 heavy (non-hydrogen) atoms. The number of hydrogen-bond donors (Lipinski definition) is 5. The lowest BCUT2D eigenvalue weighted by atomic mass is 10.0. The fourth-order valence-corrected chi connectivity index (χ4v) is 5.79. The second-order valence-electron chi connectivity index (χ2n) is 9.48. The van der Waals surface area contributed by atoms with Crippen molar-refractivity contribution in [2.75, 3.05) is 18.6 Å². The maximum Gasteiger partial charge on any atom is 0.326 e. The number of carbonyl (C=O) groups is 3. The van der Waals surface area contributed by atoms with Crippen LogP contribution < -0.4 is 21.7 Å². The molecular formula is C27H33N7O7S. The number of amides is 2. The number of nitrogens with one attached hydrogen (secondary N) is 3. The zero-order valence-corrected chi connectivity index (χ0v) is 23.7. The number of carboxylic acids is 1. The zero-order chi connectivity index (χ0) is 30.7. The molecule has 1 unspecified atom stereocenters. The van der Waals surface area contributed by atoms with E-state index in [0.29, 0.717) is 30.6 Å². The Morgan fingerprint density at radius 3 is 2.50 bits per heavy atom. The van der Waals surface area contributed by atoms with E-state index in [0.717, 1.165) is 4.31 Å². The Bertz CT molecular complexity index is 1430. The maximum absolute atomic E-state index is 13.2. The molecule has 2 aromatic rings. The highest BCUT2D eigenvalue weighted by molar-refractivity contribution is 7.89. The molecule has 15 heteroatoms. The normalized spacial score (nSPS) is 18.0.